The summed E-state index contributed by atoms with van der Waals surface area (Å²) in [4.78, 5) is 11.1. The van der Waals surface area contributed by atoms with Gasteiger partial charge in [0.05, 0.1) is 6.61 Å². The van der Waals surface area contributed by atoms with Crippen LogP contribution >= 0.6 is 0 Å². The predicted molar refractivity (Wildman–Crippen MR) is 51.6 cm³/mol. The molecule has 3 heteroatoms. The Kier molecular flexibility index (Phi) is 4.06. The van der Waals surface area contributed by atoms with Crippen molar-refractivity contribution in [3.8, 4) is 0 Å². The first kappa shape index (κ1) is 10.4. The van der Waals surface area contributed by atoms with Crippen LogP contribution in [0.3, 0.4) is 0 Å². The zero-order valence-corrected chi connectivity index (χ0v) is 8.51. The number of amides is 1. The van der Waals surface area contributed by atoms with E-state index in [9.17, 15) is 4.79 Å². The molecule has 1 amide bonds. The molecule has 0 saturated heterocycles. The van der Waals surface area contributed by atoms with Crippen LogP contribution in [-0.4, -0.2) is 18.7 Å². The highest BCUT2D eigenvalue weighted by atomic mass is 16.5. The molecule has 1 aliphatic rings. The molecule has 0 aromatic carbocycles. The normalized spacial score (nSPS) is 17.8. The van der Waals surface area contributed by atoms with E-state index in [1.165, 1.54) is 25.7 Å². The van der Waals surface area contributed by atoms with Crippen LogP contribution < -0.4 is 5.32 Å². The van der Waals surface area contributed by atoms with Crippen LogP contribution in [0.1, 0.15) is 39.5 Å². The standard InChI is InChI=1S/C10H19NO2/c1-8(2)11-10(12)13-7-9-5-3-4-6-9/h8-9H,3-7H2,1-2H3,(H,11,12). The summed E-state index contributed by atoms with van der Waals surface area (Å²) in [6, 6.07) is 0.163. The third-order valence-corrected chi connectivity index (χ3v) is 2.33. The summed E-state index contributed by atoms with van der Waals surface area (Å²) >= 11 is 0. The molecule has 0 bridgehead atoms. The van der Waals surface area contributed by atoms with Crippen molar-refractivity contribution in [3.05, 3.63) is 0 Å². The van der Waals surface area contributed by atoms with E-state index < -0.39 is 0 Å². The fraction of sp³-hybridized carbons (Fsp3) is 0.900. The SMILES string of the molecule is CC(C)NC(=O)OCC1CCCC1. The van der Waals surface area contributed by atoms with E-state index in [1.54, 1.807) is 0 Å². The number of hydrogen-bond acceptors (Lipinski definition) is 2. The summed E-state index contributed by atoms with van der Waals surface area (Å²) in [6.45, 7) is 4.45. The molecule has 0 spiro atoms. The van der Waals surface area contributed by atoms with E-state index in [4.69, 9.17) is 4.74 Å². The summed E-state index contributed by atoms with van der Waals surface area (Å²) in [6.07, 6.45) is 4.74. The summed E-state index contributed by atoms with van der Waals surface area (Å²) in [5.41, 5.74) is 0. The Bertz CT molecular complexity index is 162. The van der Waals surface area contributed by atoms with E-state index in [0.717, 1.165) is 0 Å². The third-order valence-electron chi connectivity index (χ3n) is 2.33. The number of carbonyl (C=O) groups excluding carboxylic acids is 1. The minimum atomic E-state index is -0.276. The van der Waals surface area contributed by atoms with E-state index in [1.807, 2.05) is 13.8 Å². The third kappa shape index (κ3) is 4.15. The Morgan fingerprint density at radius 3 is 2.62 bits per heavy atom. The van der Waals surface area contributed by atoms with Gasteiger partial charge in [0, 0.05) is 6.04 Å². The molecule has 3 nitrogen and oxygen atoms in total. The van der Waals surface area contributed by atoms with Gasteiger partial charge < -0.3 is 10.1 Å². The van der Waals surface area contributed by atoms with Crippen LogP contribution in [0.25, 0.3) is 0 Å². The van der Waals surface area contributed by atoms with Crippen LogP contribution in [0.15, 0.2) is 0 Å². The van der Waals surface area contributed by atoms with Gasteiger partial charge in [-0.3, -0.25) is 0 Å². The van der Waals surface area contributed by atoms with Gasteiger partial charge in [-0.25, -0.2) is 4.79 Å². The molecule has 1 N–H and O–H groups in total. The van der Waals surface area contributed by atoms with E-state index in [2.05, 4.69) is 5.32 Å². The summed E-state index contributed by atoms with van der Waals surface area (Å²) < 4.78 is 5.09. The van der Waals surface area contributed by atoms with Gasteiger partial charge in [0.15, 0.2) is 0 Å². The van der Waals surface area contributed by atoms with Gasteiger partial charge in [-0.15, -0.1) is 0 Å². The van der Waals surface area contributed by atoms with Crippen LogP contribution in [0.4, 0.5) is 4.79 Å². The highest BCUT2D eigenvalue weighted by Crippen LogP contribution is 2.24. The van der Waals surface area contributed by atoms with Crippen molar-refractivity contribution in [1.82, 2.24) is 5.32 Å². The maximum atomic E-state index is 11.1. The van der Waals surface area contributed by atoms with Gasteiger partial charge in [-0.1, -0.05) is 12.8 Å². The molecule has 1 saturated carbocycles. The Balaban J connectivity index is 2.07. The summed E-state index contributed by atoms with van der Waals surface area (Å²) in [5.74, 6) is 0.609. The minimum absolute atomic E-state index is 0.163. The van der Waals surface area contributed by atoms with Gasteiger partial charge in [0.2, 0.25) is 0 Å². The second-order valence-electron chi connectivity index (χ2n) is 4.05. The number of alkyl carbamates (subject to hydrolysis) is 1. The van der Waals surface area contributed by atoms with Gasteiger partial charge >= 0.3 is 6.09 Å². The molecular formula is C10H19NO2. The molecule has 13 heavy (non-hydrogen) atoms. The number of carbonyl (C=O) groups is 1. The first-order valence-corrected chi connectivity index (χ1v) is 5.12. The zero-order chi connectivity index (χ0) is 9.68. The van der Waals surface area contributed by atoms with Crippen molar-refractivity contribution in [1.29, 1.82) is 0 Å². The molecule has 76 valence electrons. The lowest BCUT2D eigenvalue weighted by atomic mass is 10.1. The van der Waals surface area contributed by atoms with Gasteiger partial charge in [0.25, 0.3) is 0 Å². The lowest BCUT2D eigenvalue weighted by Crippen LogP contribution is -2.31. The molecule has 0 unspecified atom stereocenters. The monoisotopic (exact) mass is 185 g/mol. The molecule has 0 aliphatic heterocycles. The fourth-order valence-corrected chi connectivity index (χ4v) is 1.65. The second kappa shape index (κ2) is 5.10. The van der Waals surface area contributed by atoms with Crippen LogP contribution in [0, 0.1) is 5.92 Å². The van der Waals surface area contributed by atoms with Crippen LogP contribution in [0.5, 0.6) is 0 Å². The molecule has 0 heterocycles. The number of rotatable bonds is 3. The van der Waals surface area contributed by atoms with Crippen molar-refractivity contribution in [2.45, 2.75) is 45.6 Å². The molecular weight excluding hydrogens is 166 g/mol. The first-order chi connectivity index (χ1) is 6.18. The number of nitrogens with one attached hydrogen (secondary N) is 1. The molecule has 0 atom stereocenters. The van der Waals surface area contributed by atoms with Crippen LogP contribution in [0.2, 0.25) is 0 Å². The second-order valence-corrected chi connectivity index (χ2v) is 4.05. The van der Waals surface area contributed by atoms with Crippen molar-refractivity contribution < 1.29 is 9.53 Å². The summed E-state index contributed by atoms with van der Waals surface area (Å²) in [7, 11) is 0. The summed E-state index contributed by atoms with van der Waals surface area (Å²) in [5, 5.41) is 2.71. The topological polar surface area (TPSA) is 38.3 Å². The molecule has 1 aliphatic carbocycles. The quantitative estimate of drug-likeness (QED) is 0.732. The number of ether oxygens (including phenoxy) is 1. The lowest BCUT2D eigenvalue weighted by molar-refractivity contribution is 0.125. The van der Waals surface area contributed by atoms with Gasteiger partial charge in [0.1, 0.15) is 0 Å². The largest absolute Gasteiger partial charge is 0.449 e. The maximum Gasteiger partial charge on any atom is 0.407 e. The average molecular weight is 185 g/mol. The minimum Gasteiger partial charge on any atom is -0.449 e. The Labute approximate surface area is 79.8 Å². The Morgan fingerprint density at radius 2 is 2.08 bits per heavy atom. The Morgan fingerprint density at radius 1 is 1.46 bits per heavy atom. The van der Waals surface area contributed by atoms with Crippen molar-refractivity contribution in [2.75, 3.05) is 6.61 Å². The highest BCUT2D eigenvalue weighted by Gasteiger charge is 2.16. The van der Waals surface area contributed by atoms with E-state index >= 15 is 0 Å². The molecule has 0 aromatic rings. The maximum absolute atomic E-state index is 11.1. The predicted octanol–water partition coefficient (Wildman–Crippen LogP) is 2.31. The highest BCUT2D eigenvalue weighted by molar-refractivity contribution is 5.67. The smallest absolute Gasteiger partial charge is 0.407 e. The van der Waals surface area contributed by atoms with E-state index in [0.29, 0.717) is 12.5 Å². The molecule has 1 rings (SSSR count). The Hall–Kier alpha value is -0.730. The lowest BCUT2D eigenvalue weighted by Gasteiger charge is -2.12. The van der Waals surface area contributed by atoms with Gasteiger partial charge in [-0.2, -0.15) is 0 Å². The zero-order valence-electron chi connectivity index (χ0n) is 8.51. The number of hydrogen-bond donors (Lipinski definition) is 1. The van der Waals surface area contributed by atoms with E-state index in [-0.39, 0.29) is 12.1 Å². The average Bonchev–Trinajstić information content (AvgIpc) is 2.51. The van der Waals surface area contributed by atoms with Crippen molar-refractivity contribution in [3.63, 3.8) is 0 Å². The molecule has 0 radical (unpaired) electrons. The molecule has 0 aromatic heterocycles. The fourth-order valence-electron chi connectivity index (χ4n) is 1.65. The first-order valence-electron chi connectivity index (χ1n) is 5.12. The van der Waals surface area contributed by atoms with Crippen molar-refractivity contribution >= 4 is 6.09 Å². The van der Waals surface area contributed by atoms with Crippen LogP contribution in [-0.2, 0) is 4.74 Å². The van der Waals surface area contributed by atoms with Crippen molar-refractivity contribution in [2.24, 2.45) is 5.92 Å². The van der Waals surface area contributed by atoms with Gasteiger partial charge in [-0.05, 0) is 32.6 Å². The molecule has 1 fully saturated rings.